The zero-order valence-electron chi connectivity index (χ0n) is 11.8. The van der Waals surface area contributed by atoms with Gasteiger partial charge in [0.05, 0.1) is 11.3 Å². The van der Waals surface area contributed by atoms with Crippen molar-refractivity contribution in [3.63, 3.8) is 0 Å². The zero-order valence-corrected chi connectivity index (χ0v) is 13.5. The first-order valence-corrected chi connectivity index (χ1v) is 8.09. The molecule has 0 aliphatic carbocycles. The van der Waals surface area contributed by atoms with E-state index in [1.165, 1.54) is 4.70 Å². The smallest absolute Gasteiger partial charge is 0.166 e. The number of rotatable bonds is 5. The van der Waals surface area contributed by atoms with Crippen LogP contribution < -0.4 is 9.46 Å². The van der Waals surface area contributed by atoms with Gasteiger partial charge in [-0.15, -0.1) is 11.3 Å². The Bertz CT molecular complexity index is 546. The van der Waals surface area contributed by atoms with Crippen molar-refractivity contribution in [1.29, 1.82) is 0 Å². The molecule has 0 atom stereocenters. The highest BCUT2D eigenvalue weighted by Crippen LogP contribution is 2.34. The Morgan fingerprint density at radius 2 is 2.16 bits per heavy atom. The molecule has 0 bridgehead atoms. The normalized spacial score (nSPS) is 12.0. The molecule has 1 aromatic carbocycles. The molecule has 2 aromatic rings. The number of ether oxygens (including phenoxy) is 1. The van der Waals surface area contributed by atoms with Gasteiger partial charge >= 0.3 is 0 Å². The maximum atomic E-state index is 5.74. The van der Waals surface area contributed by atoms with Gasteiger partial charge in [-0.1, -0.05) is 13.0 Å². The van der Waals surface area contributed by atoms with E-state index in [4.69, 9.17) is 4.74 Å². The van der Waals surface area contributed by atoms with Crippen molar-refractivity contribution in [2.24, 2.45) is 0 Å². The number of para-hydroxylation sites is 1. The van der Waals surface area contributed by atoms with Gasteiger partial charge in [-0.25, -0.2) is 4.98 Å². The minimum Gasteiger partial charge on any atom is -0.491 e. The Labute approximate surface area is 122 Å². The first-order valence-electron chi connectivity index (χ1n) is 6.46. The third-order valence-corrected chi connectivity index (χ3v) is 4.56. The molecule has 0 saturated carbocycles. The molecule has 0 spiro atoms. The summed E-state index contributed by atoms with van der Waals surface area (Å²) in [4.78, 5) is 4.66. The quantitative estimate of drug-likeness (QED) is 0.825. The summed E-state index contributed by atoms with van der Waals surface area (Å²) < 4.78 is 11.3. The van der Waals surface area contributed by atoms with Crippen molar-refractivity contribution in [2.75, 3.05) is 6.61 Å². The number of aromatic nitrogens is 1. The van der Waals surface area contributed by atoms with Gasteiger partial charge in [0.1, 0.15) is 11.3 Å². The third kappa shape index (κ3) is 4.09. The molecule has 0 unspecified atom stereocenters. The molecule has 1 N–H and O–H groups in total. The minimum atomic E-state index is 0.0735. The highest BCUT2D eigenvalue weighted by molar-refractivity contribution is 7.99. The van der Waals surface area contributed by atoms with E-state index in [2.05, 4.69) is 43.5 Å². The molecule has 0 saturated heterocycles. The summed E-state index contributed by atoms with van der Waals surface area (Å²) >= 11 is 3.28. The molecule has 0 radical (unpaired) electrons. The number of fused-ring (bicyclic) bond motifs is 1. The van der Waals surface area contributed by atoms with E-state index in [9.17, 15) is 0 Å². The molecule has 0 aliphatic rings. The Morgan fingerprint density at radius 1 is 1.37 bits per heavy atom. The van der Waals surface area contributed by atoms with Crippen LogP contribution in [0.25, 0.3) is 10.2 Å². The van der Waals surface area contributed by atoms with E-state index in [0.29, 0.717) is 0 Å². The molecule has 5 heteroatoms. The summed E-state index contributed by atoms with van der Waals surface area (Å²) in [6.07, 6.45) is 1.01. The van der Waals surface area contributed by atoms with Crippen LogP contribution in [0.15, 0.2) is 22.5 Å². The lowest BCUT2D eigenvalue weighted by atomic mass is 10.1. The summed E-state index contributed by atoms with van der Waals surface area (Å²) in [5.74, 6) is 0.887. The summed E-state index contributed by atoms with van der Waals surface area (Å²) in [6, 6.07) is 6.10. The Balaban J connectivity index is 2.19. The van der Waals surface area contributed by atoms with Crippen LogP contribution in [0.1, 0.15) is 34.1 Å². The zero-order chi connectivity index (χ0) is 13.9. The highest BCUT2D eigenvalue weighted by atomic mass is 32.2. The van der Waals surface area contributed by atoms with Crippen molar-refractivity contribution in [3.05, 3.63) is 18.2 Å². The number of thiazole rings is 1. The standard InChI is InChI=1S/C14H20N2OS2/c1-5-9-17-10-7-6-8-11-12(10)15-13(18-11)19-16-14(2,3)4/h6-8,16H,5,9H2,1-4H3. The predicted octanol–water partition coefficient (Wildman–Crippen LogP) is 4.48. The molecule has 1 aromatic heterocycles. The van der Waals surface area contributed by atoms with Crippen LogP contribution in [0.2, 0.25) is 0 Å². The first-order chi connectivity index (χ1) is 8.99. The number of hydrogen-bond acceptors (Lipinski definition) is 5. The second-order valence-corrected chi connectivity index (χ2v) is 7.47. The Morgan fingerprint density at radius 3 is 2.84 bits per heavy atom. The van der Waals surface area contributed by atoms with Gasteiger partial charge in [0.15, 0.2) is 4.34 Å². The molecule has 0 aliphatic heterocycles. The number of benzene rings is 1. The van der Waals surface area contributed by atoms with Gasteiger partial charge < -0.3 is 4.74 Å². The number of nitrogens with zero attached hydrogens (tertiary/aromatic N) is 1. The summed E-state index contributed by atoms with van der Waals surface area (Å²) in [5, 5.41) is 0. The van der Waals surface area contributed by atoms with E-state index in [1.54, 1.807) is 23.3 Å². The lowest BCUT2D eigenvalue weighted by molar-refractivity contribution is 0.320. The number of nitrogens with one attached hydrogen (secondary N) is 1. The van der Waals surface area contributed by atoms with Gasteiger partial charge in [0.2, 0.25) is 0 Å². The number of hydrogen-bond donors (Lipinski definition) is 1. The van der Waals surface area contributed by atoms with Gasteiger partial charge in [0, 0.05) is 5.54 Å². The predicted molar refractivity (Wildman–Crippen MR) is 84.2 cm³/mol. The average molecular weight is 296 g/mol. The summed E-state index contributed by atoms with van der Waals surface area (Å²) in [6.45, 7) is 9.27. The molecule has 2 rings (SSSR count). The van der Waals surface area contributed by atoms with Crippen LogP contribution >= 0.6 is 23.3 Å². The Hall–Kier alpha value is -0.780. The van der Waals surface area contributed by atoms with Crippen LogP contribution in [0.5, 0.6) is 5.75 Å². The summed E-state index contributed by atoms with van der Waals surface area (Å²) in [5.41, 5.74) is 1.04. The van der Waals surface area contributed by atoms with Crippen molar-refractivity contribution in [3.8, 4) is 5.75 Å². The van der Waals surface area contributed by atoms with Gasteiger partial charge in [-0.3, -0.25) is 4.72 Å². The van der Waals surface area contributed by atoms with E-state index < -0.39 is 0 Å². The summed E-state index contributed by atoms with van der Waals surface area (Å²) in [7, 11) is 0. The Kier molecular flexibility index (Phi) is 4.71. The second kappa shape index (κ2) is 6.11. The van der Waals surface area contributed by atoms with Crippen molar-refractivity contribution >= 4 is 33.5 Å². The second-order valence-electron chi connectivity index (χ2n) is 5.39. The van der Waals surface area contributed by atoms with E-state index >= 15 is 0 Å². The van der Waals surface area contributed by atoms with Gasteiger partial charge in [0.25, 0.3) is 0 Å². The molecular weight excluding hydrogens is 276 g/mol. The SMILES string of the molecule is CCCOc1cccc2sc(SNC(C)(C)C)nc12. The maximum absolute atomic E-state index is 5.74. The molecule has 104 valence electrons. The van der Waals surface area contributed by atoms with Crippen LogP contribution in [0, 0.1) is 0 Å². The van der Waals surface area contributed by atoms with Crippen molar-refractivity contribution in [2.45, 2.75) is 44.0 Å². The average Bonchev–Trinajstić information content (AvgIpc) is 2.76. The fourth-order valence-electron chi connectivity index (χ4n) is 1.47. The monoisotopic (exact) mass is 296 g/mol. The van der Waals surface area contributed by atoms with E-state index in [0.717, 1.165) is 28.6 Å². The largest absolute Gasteiger partial charge is 0.491 e. The fraction of sp³-hybridized carbons (Fsp3) is 0.500. The van der Waals surface area contributed by atoms with Crippen LogP contribution in [-0.2, 0) is 0 Å². The van der Waals surface area contributed by atoms with Crippen LogP contribution in [0.4, 0.5) is 0 Å². The molecule has 1 heterocycles. The van der Waals surface area contributed by atoms with E-state index in [1.807, 2.05) is 12.1 Å². The van der Waals surface area contributed by atoms with Crippen LogP contribution in [-0.4, -0.2) is 17.1 Å². The molecule has 3 nitrogen and oxygen atoms in total. The lowest BCUT2D eigenvalue weighted by Crippen LogP contribution is -2.29. The fourth-order valence-corrected chi connectivity index (χ4v) is 3.28. The van der Waals surface area contributed by atoms with E-state index in [-0.39, 0.29) is 5.54 Å². The molecule has 0 amide bonds. The van der Waals surface area contributed by atoms with Gasteiger partial charge in [-0.05, 0) is 51.3 Å². The van der Waals surface area contributed by atoms with Crippen LogP contribution in [0.3, 0.4) is 0 Å². The third-order valence-electron chi connectivity index (χ3n) is 2.27. The first kappa shape index (κ1) is 14.6. The van der Waals surface area contributed by atoms with Crippen molar-refractivity contribution in [1.82, 2.24) is 9.71 Å². The molecule has 0 fully saturated rings. The topological polar surface area (TPSA) is 34.1 Å². The minimum absolute atomic E-state index is 0.0735. The van der Waals surface area contributed by atoms with Crippen molar-refractivity contribution < 1.29 is 4.74 Å². The van der Waals surface area contributed by atoms with Gasteiger partial charge in [-0.2, -0.15) is 0 Å². The maximum Gasteiger partial charge on any atom is 0.166 e. The highest BCUT2D eigenvalue weighted by Gasteiger charge is 2.13. The molecule has 19 heavy (non-hydrogen) atoms. The molecular formula is C14H20N2OS2. The lowest BCUT2D eigenvalue weighted by Gasteiger charge is -2.17.